The summed E-state index contributed by atoms with van der Waals surface area (Å²) in [6.07, 6.45) is 6.52. The number of carbonyl (C=O) groups excluding carboxylic acids is 2. The lowest BCUT2D eigenvalue weighted by Crippen LogP contribution is -2.51. The molecule has 1 saturated carbocycles. The third-order valence-corrected chi connectivity index (χ3v) is 6.25. The number of rotatable bonds is 9. The molecule has 1 N–H and O–H groups in total. The standard InChI is InChI=1S/C27H36N2O3/c1-4-22-13-15-25(16-14-22)32-19-26(30)29(18-23-10-8-9-20(2)17-23)21(3)27(31)28-24-11-6-5-7-12-24/h8-10,13-17,21,24H,4-7,11-12,18-19H2,1-3H3,(H,28,31). The largest absolute Gasteiger partial charge is 0.484 e. The Morgan fingerprint density at radius 1 is 1.06 bits per heavy atom. The van der Waals surface area contributed by atoms with E-state index in [9.17, 15) is 9.59 Å². The maximum atomic E-state index is 13.2. The summed E-state index contributed by atoms with van der Waals surface area (Å²) in [4.78, 5) is 27.8. The summed E-state index contributed by atoms with van der Waals surface area (Å²) in [5, 5.41) is 3.16. The van der Waals surface area contributed by atoms with E-state index in [4.69, 9.17) is 4.74 Å². The number of nitrogens with one attached hydrogen (secondary N) is 1. The van der Waals surface area contributed by atoms with E-state index in [1.54, 1.807) is 4.90 Å². The highest BCUT2D eigenvalue weighted by Gasteiger charge is 2.28. The van der Waals surface area contributed by atoms with Crippen LogP contribution in [0.5, 0.6) is 5.75 Å². The molecule has 1 aliphatic rings. The van der Waals surface area contributed by atoms with Crippen LogP contribution >= 0.6 is 0 Å². The van der Waals surface area contributed by atoms with Crippen LogP contribution in [0.25, 0.3) is 0 Å². The predicted molar refractivity (Wildman–Crippen MR) is 128 cm³/mol. The van der Waals surface area contributed by atoms with Gasteiger partial charge in [0.2, 0.25) is 5.91 Å². The number of amides is 2. The van der Waals surface area contributed by atoms with E-state index in [2.05, 4.69) is 18.3 Å². The Balaban J connectivity index is 1.69. The second-order valence-electron chi connectivity index (χ2n) is 8.82. The molecule has 5 nitrogen and oxygen atoms in total. The molecule has 0 bridgehead atoms. The first-order valence-corrected chi connectivity index (χ1v) is 11.8. The SMILES string of the molecule is CCc1ccc(OCC(=O)N(Cc2cccc(C)c2)C(C)C(=O)NC2CCCCC2)cc1. The smallest absolute Gasteiger partial charge is 0.261 e. The van der Waals surface area contributed by atoms with Crippen molar-refractivity contribution in [2.75, 3.05) is 6.61 Å². The highest BCUT2D eigenvalue weighted by atomic mass is 16.5. The van der Waals surface area contributed by atoms with Gasteiger partial charge in [-0.25, -0.2) is 0 Å². The third-order valence-electron chi connectivity index (χ3n) is 6.25. The molecular weight excluding hydrogens is 400 g/mol. The van der Waals surface area contributed by atoms with Crippen LogP contribution in [0.3, 0.4) is 0 Å². The van der Waals surface area contributed by atoms with Crippen LogP contribution in [-0.4, -0.2) is 35.4 Å². The molecule has 0 radical (unpaired) electrons. The lowest BCUT2D eigenvalue weighted by Gasteiger charge is -2.31. The second kappa shape index (κ2) is 11.7. The fraction of sp³-hybridized carbons (Fsp3) is 0.481. The Hall–Kier alpha value is -2.82. The van der Waals surface area contributed by atoms with Gasteiger partial charge in [0.1, 0.15) is 11.8 Å². The molecule has 1 fully saturated rings. The molecule has 3 rings (SSSR count). The van der Waals surface area contributed by atoms with E-state index < -0.39 is 6.04 Å². The summed E-state index contributed by atoms with van der Waals surface area (Å²) in [5.41, 5.74) is 3.35. The van der Waals surface area contributed by atoms with Crippen molar-refractivity contribution in [1.29, 1.82) is 0 Å². The lowest BCUT2D eigenvalue weighted by atomic mass is 9.95. The molecule has 0 spiro atoms. The zero-order chi connectivity index (χ0) is 22.9. The molecule has 1 atom stereocenters. The zero-order valence-electron chi connectivity index (χ0n) is 19.6. The summed E-state index contributed by atoms with van der Waals surface area (Å²) >= 11 is 0. The summed E-state index contributed by atoms with van der Waals surface area (Å²) < 4.78 is 5.77. The summed E-state index contributed by atoms with van der Waals surface area (Å²) in [5.74, 6) is 0.368. The minimum absolute atomic E-state index is 0.0924. The maximum absolute atomic E-state index is 13.2. The van der Waals surface area contributed by atoms with Crippen molar-refractivity contribution in [1.82, 2.24) is 10.2 Å². The molecule has 2 aromatic rings. The fourth-order valence-corrected chi connectivity index (χ4v) is 4.21. The molecule has 0 saturated heterocycles. The first kappa shape index (κ1) is 23.8. The van der Waals surface area contributed by atoms with E-state index in [1.165, 1.54) is 12.0 Å². The minimum Gasteiger partial charge on any atom is -0.484 e. The van der Waals surface area contributed by atoms with Crippen LogP contribution in [-0.2, 0) is 22.6 Å². The van der Waals surface area contributed by atoms with Crippen molar-refractivity contribution in [2.24, 2.45) is 0 Å². The zero-order valence-corrected chi connectivity index (χ0v) is 19.6. The first-order valence-electron chi connectivity index (χ1n) is 11.8. The van der Waals surface area contributed by atoms with Gasteiger partial charge < -0.3 is 15.0 Å². The van der Waals surface area contributed by atoms with Gasteiger partial charge in [-0.05, 0) is 56.4 Å². The third kappa shape index (κ3) is 6.84. The van der Waals surface area contributed by atoms with Gasteiger partial charge in [-0.2, -0.15) is 0 Å². The van der Waals surface area contributed by atoms with Crippen LogP contribution in [0.15, 0.2) is 48.5 Å². The van der Waals surface area contributed by atoms with Gasteiger partial charge >= 0.3 is 0 Å². The lowest BCUT2D eigenvalue weighted by molar-refractivity contribution is -0.142. The minimum atomic E-state index is -0.573. The molecule has 172 valence electrons. The average Bonchev–Trinajstić information content (AvgIpc) is 2.81. The fourth-order valence-electron chi connectivity index (χ4n) is 4.21. The van der Waals surface area contributed by atoms with Gasteiger partial charge in [0, 0.05) is 12.6 Å². The molecule has 32 heavy (non-hydrogen) atoms. The highest BCUT2D eigenvalue weighted by Crippen LogP contribution is 2.19. The van der Waals surface area contributed by atoms with Crippen molar-refractivity contribution in [3.8, 4) is 5.75 Å². The quantitative estimate of drug-likeness (QED) is 0.614. The summed E-state index contributed by atoms with van der Waals surface area (Å²) in [6, 6.07) is 15.5. The number of carbonyl (C=O) groups is 2. The van der Waals surface area contributed by atoms with Crippen LogP contribution in [0.4, 0.5) is 0 Å². The van der Waals surface area contributed by atoms with Crippen LogP contribution in [0, 0.1) is 6.92 Å². The molecule has 0 aliphatic heterocycles. The average molecular weight is 437 g/mol. The maximum Gasteiger partial charge on any atom is 0.261 e. The van der Waals surface area contributed by atoms with Gasteiger partial charge in [0.15, 0.2) is 6.61 Å². The van der Waals surface area contributed by atoms with Crippen molar-refractivity contribution < 1.29 is 14.3 Å². The molecule has 0 heterocycles. The number of ether oxygens (including phenoxy) is 1. The van der Waals surface area contributed by atoms with Gasteiger partial charge in [-0.15, -0.1) is 0 Å². The van der Waals surface area contributed by atoms with Crippen molar-refractivity contribution in [2.45, 2.75) is 77.9 Å². The Labute approximate surface area is 192 Å². The topological polar surface area (TPSA) is 58.6 Å². The molecule has 0 aromatic heterocycles. The Bertz CT molecular complexity index is 888. The van der Waals surface area contributed by atoms with Crippen LogP contribution in [0.2, 0.25) is 0 Å². The van der Waals surface area contributed by atoms with Crippen LogP contribution in [0.1, 0.15) is 62.6 Å². The van der Waals surface area contributed by atoms with E-state index in [0.717, 1.165) is 43.2 Å². The second-order valence-corrected chi connectivity index (χ2v) is 8.82. The molecule has 2 aromatic carbocycles. The number of nitrogens with zero attached hydrogens (tertiary/aromatic N) is 1. The predicted octanol–water partition coefficient (Wildman–Crippen LogP) is 4.80. The summed E-state index contributed by atoms with van der Waals surface area (Å²) in [6.45, 7) is 6.21. The molecule has 1 aliphatic carbocycles. The van der Waals surface area contributed by atoms with Gasteiger partial charge in [0.25, 0.3) is 5.91 Å². The molecule has 2 amide bonds. The molecule has 5 heteroatoms. The highest BCUT2D eigenvalue weighted by molar-refractivity contribution is 5.88. The van der Waals surface area contributed by atoms with Gasteiger partial charge in [-0.3, -0.25) is 9.59 Å². The van der Waals surface area contributed by atoms with Crippen molar-refractivity contribution in [3.05, 3.63) is 65.2 Å². The van der Waals surface area contributed by atoms with Crippen molar-refractivity contribution >= 4 is 11.8 Å². The van der Waals surface area contributed by atoms with E-state index in [1.807, 2.05) is 56.3 Å². The normalized spacial score (nSPS) is 15.1. The first-order chi connectivity index (χ1) is 15.5. The number of aryl methyl sites for hydroxylation is 2. The Morgan fingerprint density at radius 2 is 1.78 bits per heavy atom. The van der Waals surface area contributed by atoms with Gasteiger partial charge in [0.05, 0.1) is 0 Å². The number of hydrogen-bond donors (Lipinski definition) is 1. The monoisotopic (exact) mass is 436 g/mol. The van der Waals surface area contributed by atoms with Crippen LogP contribution < -0.4 is 10.1 Å². The number of hydrogen-bond acceptors (Lipinski definition) is 3. The van der Waals surface area contributed by atoms with Gasteiger partial charge in [-0.1, -0.05) is 68.1 Å². The Kier molecular flexibility index (Phi) is 8.72. The van der Waals surface area contributed by atoms with Crippen molar-refractivity contribution in [3.63, 3.8) is 0 Å². The van der Waals surface area contributed by atoms with E-state index in [0.29, 0.717) is 12.3 Å². The molecule has 1 unspecified atom stereocenters. The Morgan fingerprint density at radius 3 is 2.44 bits per heavy atom. The number of benzene rings is 2. The van der Waals surface area contributed by atoms with E-state index >= 15 is 0 Å². The van der Waals surface area contributed by atoms with E-state index in [-0.39, 0.29) is 24.5 Å². The molecular formula is C27H36N2O3. The summed E-state index contributed by atoms with van der Waals surface area (Å²) in [7, 11) is 0.